The zero-order valence-electron chi connectivity index (χ0n) is 17.2. The fourth-order valence-corrected chi connectivity index (χ4v) is 5.02. The van der Waals surface area contributed by atoms with Crippen molar-refractivity contribution in [3.05, 3.63) is 65.0 Å². The highest BCUT2D eigenvalue weighted by atomic mass is 32.1. The molecule has 8 heteroatoms. The van der Waals surface area contributed by atoms with Crippen molar-refractivity contribution in [3.63, 3.8) is 0 Å². The van der Waals surface area contributed by atoms with Crippen molar-refractivity contribution in [2.45, 2.75) is 44.2 Å². The van der Waals surface area contributed by atoms with Gasteiger partial charge in [0, 0.05) is 17.4 Å². The number of anilines is 2. The summed E-state index contributed by atoms with van der Waals surface area (Å²) in [6, 6.07) is 13.5. The summed E-state index contributed by atoms with van der Waals surface area (Å²) in [6.45, 7) is 0. The van der Waals surface area contributed by atoms with Crippen LogP contribution in [0.5, 0.6) is 0 Å². The third-order valence-electron chi connectivity index (χ3n) is 5.97. The average Bonchev–Trinajstić information content (AvgIpc) is 3.22. The van der Waals surface area contributed by atoms with Gasteiger partial charge >= 0.3 is 12.1 Å². The fourth-order valence-electron chi connectivity index (χ4n) is 4.29. The summed E-state index contributed by atoms with van der Waals surface area (Å²) in [4.78, 5) is 15.4. The second-order valence-corrected chi connectivity index (χ2v) is 9.00. The topological polar surface area (TPSA) is 62.2 Å². The molecule has 1 aromatic heterocycles. The predicted octanol–water partition coefficient (Wildman–Crippen LogP) is 7.32. The Morgan fingerprint density at radius 2 is 1.75 bits per heavy atom. The van der Waals surface area contributed by atoms with Crippen molar-refractivity contribution in [1.82, 2.24) is 4.98 Å². The Bertz CT molecular complexity index is 1070. The van der Waals surface area contributed by atoms with Crippen LogP contribution >= 0.6 is 11.3 Å². The highest BCUT2D eigenvalue weighted by molar-refractivity contribution is 7.14. The number of para-hydroxylation sites is 1. The Labute approximate surface area is 188 Å². The number of hydrogen-bond donors (Lipinski definition) is 2. The molecule has 1 aliphatic carbocycles. The highest BCUT2D eigenvalue weighted by Crippen LogP contribution is 2.39. The molecule has 1 saturated carbocycles. The molecule has 0 bridgehead atoms. The Morgan fingerprint density at radius 1 is 1.06 bits per heavy atom. The molecule has 3 aromatic rings. The maximum absolute atomic E-state index is 13.2. The standard InChI is InChI=1S/C24H23F3N2O2S/c25-24(26,27)19-3-1-2-4-20(19)28-23-29-21(14-32-23)18-11-9-17(10-12-18)16-7-5-15(6-8-16)13-22(30)31/h1-4,9-12,14-16H,5-8,13H2,(H,28,29)(H,30,31). The number of aliphatic carboxylic acids is 1. The lowest BCUT2D eigenvalue weighted by Crippen LogP contribution is -2.16. The van der Waals surface area contributed by atoms with Crippen LogP contribution in [0.4, 0.5) is 24.0 Å². The number of carbonyl (C=O) groups is 1. The minimum Gasteiger partial charge on any atom is -0.481 e. The van der Waals surface area contributed by atoms with Gasteiger partial charge in [-0.2, -0.15) is 13.2 Å². The third-order valence-corrected chi connectivity index (χ3v) is 6.72. The number of benzene rings is 2. The van der Waals surface area contributed by atoms with Crippen LogP contribution in [0.1, 0.15) is 49.1 Å². The smallest absolute Gasteiger partial charge is 0.418 e. The maximum Gasteiger partial charge on any atom is 0.418 e. The summed E-state index contributed by atoms with van der Waals surface area (Å²) in [6.07, 6.45) is -0.356. The van der Waals surface area contributed by atoms with Gasteiger partial charge in [0.05, 0.1) is 16.9 Å². The van der Waals surface area contributed by atoms with Gasteiger partial charge < -0.3 is 10.4 Å². The second kappa shape index (κ2) is 9.32. The Balaban J connectivity index is 1.42. The van der Waals surface area contributed by atoms with Gasteiger partial charge in [-0.3, -0.25) is 4.79 Å². The number of carboxylic acids is 1. The first-order valence-electron chi connectivity index (χ1n) is 10.5. The van der Waals surface area contributed by atoms with Crippen LogP contribution in [0, 0.1) is 5.92 Å². The van der Waals surface area contributed by atoms with Crippen LogP contribution in [0.15, 0.2) is 53.9 Å². The number of nitrogens with one attached hydrogen (secondary N) is 1. The van der Waals surface area contributed by atoms with Crippen molar-refractivity contribution < 1.29 is 23.1 Å². The zero-order chi connectivity index (χ0) is 22.7. The number of rotatable bonds is 6. The van der Waals surface area contributed by atoms with Crippen LogP contribution in [0.25, 0.3) is 11.3 Å². The van der Waals surface area contributed by atoms with E-state index in [1.807, 2.05) is 17.5 Å². The van der Waals surface area contributed by atoms with Gasteiger partial charge in [0.25, 0.3) is 0 Å². The van der Waals surface area contributed by atoms with E-state index in [0.717, 1.165) is 37.3 Å². The van der Waals surface area contributed by atoms with E-state index in [9.17, 15) is 18.0 Å². The van der Waals surface area contributed by atoms with Crippen molar-refractivity contribution >= 4 is 28.1 Å². The van der Waals surface area contributed by atoms with E-state index in [2.05, 4.69) is 22.4 Å². The number of alkyl halides is 3. The van der Waals surface area contributed by atoms with Crippen LogP contribution in [-0.2, 0) is 11.0 Å². The molecule has 2 N–H and O–H groups in total. The van der Waals surface area contributed by atoms with Gasteiger partial charge in [-0.1, -0.05) is 36.4 Å². The molecule has 4 nitrogen and oxygen atoms in total. The predicted molar refractivity (Wildman–Crippen MR) is 119 cm³/mol. The average molecular weight is 461 g/mol. The summed E-state index contributed by atoms with van der Waals surface area (Å²) in [7, 11) is 0. The first-order valence-corrected chi connectivity index (χ1v) is 11.4. The molecule has 0 unspecified atom stereocenters. The van der Waals surface area contributed by atoms with Gasteiger partial charge in [0.2, 0.25) is 0 Å². The van der Waals surface area contributed by atoms with Gasteiger partial charge in [-0.05, 0) is 55.2 Å². The maximum atomic E-state index is 13.2. The summed E-state index contributed by atoms with van der Waals surface area (Å²) in [5.41, 5.74) is 2.10. The van der Waals surface area contributed by atoms with Crippen molar-refractivity contribution in [3.8, 4) is 11.3 Å². The molecule has 2 aromatic carbocycles. The lowest BCUT2D eigenvalue weighted by Gasteiger charge is -2.28. The first kappa shape index (κ1) is 22.3. The largest absolute Gasteiger partial charge is 0.481 e. The van der Waals surface area contributed by atoms with Gasteiger partial charge in [0.1, 0.15) is 0 Å². The van der Waals surface area contributed by atoms with Crippen molar-refractivity contribution in [1.29, 1.82) is 0 Å². The number of halogens is 3. The highest BCUT2D eigenvalue weighted by Gasteiger charge is 2.33. The SMILES string of the molecule is O=C(O)CC1CCC(c2ccc(-c3csc(Nc4ccccc4C(F)(F)F)n3)cc2)CC1. The minimum absolute atomic E-state index is 0.0188. The molecule has 168 valence electrons. The minimum atomic E-state index is -4.44. The molecule has 0 amide bonds. The third kappa shape index (κ3) is 5.30. The fraction of sp³-hybridized carbons (Fsp3) is 0.333. The molecule has 0 aliphatic heterocycles. The number of nitrogens with zero attached hydrogens (tertiary/aromatic N) is 1. The zero-order valence-corrected chi connectivity index (χ0v) is 18.0. The number of hydrogen-bond acceptors (Lipinski definition) is 4. The van der Waals surface area contributed by atoms with E-state index in [-0.39, 0.29) is 18.0 Å². The lowest BCUT2D eigenvalue weighted by atomic mass is 9.77. The summed E-state index contributed by atoms with van der Waals surface area (Å²) >= 11 is 1.26. The van der Waals surface area contributed by atoms with E-state index in [1.54, 1.807) is 6.07 Å². The van der Waals surface area contributed by atoms with Crippen molar-refractivity contribution in [2.75, 3.05) is 5.32 Å². The van der Waals surface area contributed by atoms with Gasteiger partial charge in [-0.25, -0.2) is 4.98 Å². The molecule has 0 spiro atoms. The molecular weight excluding hydrogens is 437 g/mol. The summed E-state index contributed by atoms with van der Waals surface area (Å²) < 4.78 is 39.6. The number of carboxylic acid groups (broad SMARTS) is 1. The molecule has 0 atom stereocenters. The monoisotopic (exact) mass is 460 g/mol. The van der Waals surface area contributed by atoms with Crippen LogP contribution < -0.4 is 5.32 Å². The Morgan fingerprint density at radius 3 is 2.41 bits per heavy atom. The Hall–Kier alpha value is -2.87. The quantitative estimate of drug-likeness (QED) is 0.405. The van der Waals surface area contributed by atoms with Crippen LogP contribution in [-0.4, -0.2) is 16.1 Å². The molecule has 1 fully saturated rings. The number of thiazole rings is 1. The Kier molecular flexibility index (Phi) is 6.50. The molecule has 1 heterocycles. The molecule has 32 heavy (non-hydrogen) atoms. The second-order valence-electron chi connectivity index (χ2n) is 8.14. The summed E-state index contributed by atoms with van der Waals surface area (Å²) in [5.74, 6) is -0.0242. The van der Waals surface area contributed by atoms with Crippen molar-refractivity contribution in [2.24, 2.45) is 5.92 Å². The van der Waals surface area contributed by atoms with Gasteiger partial charge in [-0.15, -0.1) is 11.3 Å². The van der Waals surface area contributed by atoms with Crippen LogP contribution in [0.3, 0.4) is 0 Å². The molecule has 1 aliphatic rings. The van der Waals surface area contributed by atoms with E-state index in [4.69, 9.17) is 5.11 Å². The first-order chi connectivity index (χ1) is 15.3. The molecule has 0 saturated heterocycles. The van der Waals surface area contributed by atoms with E-state index in [1.165, 1.54) is 29.0 Å². The van der Waals surface area contributed by atoms with Crippen LogP contribution in [0.2, 0.25) is 0 Å². The lowest BCUT2D eigenvalue weighted by molar-refractivity contribution is -0.138. The van der Waals surface area contributed by atoms with Gasteiger partial charge in [0.15, 0.2) is 5.13 Å². The normalized spacial score (nSPS) is 19.0. The number of aromatic nitrogens is 1. The van der Waals surface area contributed by atoms with E-state index >= 15 is 0 Å². The molecule has 0 radical (unpaired) electrons. The van der Waals surface area contributed by atoms with E-state index in [0.29, 0.717) is 16.7 Å². The van der Waals surface area contributed by atoms with E-state index < -0.39 is 17.7 Å². The summed E-state index contributed by atoms with van der Waals surface area (Å²) in [5, 5.41) is 14.0. The molecule has 4 rings (SSSR count). The molecular formula is C24H23F3N2O2S.